The quantitative estimate of drug-likeness (QED) is 0.822. The molecule has 0 radical (unpaired) electrons. The van der Waals surface area contributed by atoms with Gasteiger partial charge < -0.3 is 10.2 Å². The highest BCUT2D eigenvalue weighted by Crippen LogP contribution is 2.25. The summed E-state index contributed by atoms with van der Waals surface area (Å²) >= 11 is 0. The maximum Gasteiger partial charge on any atom is 0.322 e. The lowest BCUT2D eigenvalue weighted by molar-refractivity contribution is -0.120. The molecular formula is C13H16N4O2. The number of carbonyl (C=O) groups excluding carboxylic acids is 1. The predicted molar refractivity (Wildman–Crippen MR) is 71.5 cm³/mol. The molecule has 100 valence electrons. The molecule has 0 unspecified atom stereocenters. The number of nitrogens with one attached hydrogen (secondary N) is 1. The molecule has 1 aromatic heterocycles. The van der Waals surface area contributed by atoms with Crippen molar-refractivity contribution in [2.45, 2.75) is 26.2 Å². The summed E-state index contributed by atoms with van der Waals surface area (Å²) in [7, 11) is 0. The Morgan fingerprint density at radius 1 is 1.26 bits per heavy atom. The number of aryl methyl sites for hydroxylation is 1. The molecule has 1 heterocycles. The molecule has 0 fully saturated rings. The van der Waals surface area contributed by atoms with E-state index in [9.17, 15) is 4.79 Å². The van der Waals surface area contributed by atoms with Crippen LogP contribution in [0.3, 0.4) is 0 Å². The molecule has 0 aliphatic heterocycles. The fraction of sp³-hybridized carbons (Fsp3) is 0.308. The Bertz CT molecular complexity index is 587. The minimum absolute atomic E-state index is 0.103. The highest BCUT2D eigenvalue weighted by Gasteiger charge is 2.30. The Morgan fingerprint density at radius 3 is 2.42 bits per heavy atom. The fourth-order valence-electron chi connectivity index (χ4n) is 1.63. The molecule has 2 rings (SSSR count). The largest absolute Gasteiger partial charge is 0.408 e. The molecule has 0 saturated heterocycles. The number of benzene rings is 1. The maximum atomic E-state index is 12.3. The van der Waals surface area contributed by atoms with Gasteiger partial charge in [-0.25, -0.2) is 0 Å². The predicted octanol–water partition coefficient (Wildman–Crippen LogP) is 1.88. The molecule has 0 spiro atoms. The van der Waals surface area contributed by atoms with Crippen LogP contribution in [0.5, 0.6) is 0 Å². The molecular weight excluding hydrogens is 244 g/mol. The molecule has 6 heteroatoms. The van der Waals surface area contributed by atoms with Gasteiger partial charge in [0.15, 0.2) is 0 Å². The summed E-state index contributed by atoms with van der Waals surface area (Å²) in [5, 5.41) is 10.0. The first-order valence-electron chi connectivity index (χ1n) is 5.87. The van der Waals surface area contributed by atoms with Crippen LogP contribution in [0.4, 0.5) is 11.7 Å². The molecule has 0 saturated carbocycles. The van der Waals surface area contributed by atoms with Crippen molar-refractivity contribution in [2.75, 3.05) is 11.1 Å². The van der Waals surface area contributed by atoms with E-state index in [0.29, 0.717) is 11.6 Å². The Kier molecular flexibility index (Phi) is 3.25. The minimum atomic E-state index is -0.726. The number of nitrogen functional groups attached to an aromatic ring is 1. The van der Waals surface area contributed by atoms with Gasteiger partial charge in [-0.1, -0.05) is 17.2 Å². The van der Waals surface area contributed by atoms with Gasteiger partial charge in [-0.05, 0) is 31.5 Å². The van der Waals surface area contributed by atoms with Crippen LogP contribution < -0.4 is 11.1 Å². The third kappa shape index (κ3) is 2.73. The van der Waals surface area contributed by atoms with Crippen molar-refractivity contribution in [3.05, 3.63) is 35.7 Å². The van der Waals surface area contributed by atoms with Crippen molar-refractivity contribution in [2.24, 2.45) is 0 Å². The van der Waals surface area contributed by atoms with Crippen LogP contribution in [0.25, 0.3) is 0 Å². The van der Waals surface area contributed by atoms with E-state index in [1.54, 1.807) is 19.1 Å². The molecule has 1 amide bonds. The Morgan fingerprint density at radius 2 is 1.89 bits per heavy atom. The van der Waals surface area contributed by atoms with Crippen molar-refractivity contribution in [3.8, 4) is 0 Å². The van der Waals surface area contributed by atoms with Crippen LogP contribution in [0.2, 0.25) is 0 Å². The van der Waals surface area contributed by atoms with Gasteiger partial charge in [0, 0.05) is 12.6 Å². The first-order chi connectivity index (χ1) is 8.89. The zero-order chi connectivity index (χ0) is 14.0. The average molecular weight is 260 g/mol. The normalized spacial score (nSPS) is 11.3. The SMILES string of the molecule is Cc1nnc(NC(=O)C(C)(C)c2ccc(N)cc2)o1. The van der Waals surface area contributed by atoms with Gasteiger partial charge >= 0.3 is 6.01 Å². The summed E-state index contributed by atoms with van der Waals surface area (Å²) in [6, 6.07) is 7.29. The van der Waals surface area contributed by atoms with E-state index < -0.39 is 5.41 Å². The van der Waals surface area contributed by atoms with Gasteiger partial charge in [0.05, 0.1) is 5.41 Å². The number of nitrogens with zero attached hydrogens (tertiary/aromatic N) is 2. The highest BCUT2D eigenvalue weighted by molar-refractivity contribution is 5.97. The van der Waals surface area contributed by atoms with Crippen LogP contribution in [-0.2, 0) is 10.2 Å². The van der Waals surface area contributed by atoms with E-state index in [0.717, 1.165) is 5.56 Å². The van der Waals surface area contributed by atoms with Gasteiger partial charge in [-0.3, -0.25) is 10.1 Å². The van der Waals surface area contributed by atoms with E-state index in [1.807, 2.05) is 26.0 Å². The van der Waals surface area contributed by atoms with Crippen LogP contribution in [0, 0.1) is 6.92 Å². The van der Waals surface area contributed by atoms with Crippen molar-refractivity contribution in [1.82, 2.24) is 10.2 Å². The number of rotatable bonds is 3. The topological polar surface area (TPSA) is 94.0 Å². The molecule has 6 nitrogen and oxygen atoms in total. The first kappa shape index (κ1) is 13.1. The number of nitrogens with two attached hydrogens (primary N) is 1. The second-order valence-corrected chi connectivity index (χ2v) is 4.83. The highest BCUT2D eigenvalue weighted by atomic mass is 16.4. The summed E-state index contributed by atoms with van der Waals surface area (Å²) in [4.78, 5) is 12.3. The summed E-state index contributed by atoms with van der Waals surface area (Å²) in [5.41, 5.74) is 6.43. The van der Waals surface area contributed by atoms with Crippen LogP contribution in [0.15, 0.2) is 28.7 Å². The molecule has 0 bridgehead atoms. The van der Waals surface area contributed by atoms with Crippen molar-refractivity contribution >= 4 is 17.6 Å². The van der Waals surface area contributed by atoms with E-state index >= 15 is 0 Å². The van der Waals surface area contributed by atoms with Gasteiger partial charge in [0.25, 0.3) is 0 Å². The van der Waals surface area contributed by atoms with E-state index in [-0.39, 0.29) is 11.9 Å². The second kappa shape index (κ2) is 4.72. The zero-order valence-corrected chi connectivity index (χ0v) is 11.1. The van der Waals surface area contributed by atoms with Crippen LogP contribution in [0.1, 0.15) is 25.3 Å². The number of amides is 1. The third-order valence-corrected chi connectivity index (χ3v) is 2.95. The van der Waals surface area contributed by atoms with Crippen molar-refractivity contribution in [3.63, 3.8) is 0 Å². The summed E-state index contributed by atoms with van der Waals surface area (Å²) < 4.78 is 5.13. The molecule has 0 atom stereocenters. The fourth-order valence-corrected chi connectivity index (χ4v) is 1.63. The maximum absolute atomic E-state index is 12.3. The van der Waals surface area contributed by atoms with E-state index in [1.165, 1.54) is 0 Å². The average Bonchev–Trinajstić information content (AvgIpc) is 2.75. The Labute approximate surface area is 111 Å². The molecule has 2 aromatic rings. The van der Waals surface area contributed by atoms with Gasteiger partial charge in [-0.15, -0.1) is 5.10 Å². The minimum Gasteiger partial charge on any atom is -0.408 e. The smallest absolute Gasteiger partial charge is 0.322 e. The summed E-state index contributed by atoms with van der Waals surface area (Å²) in [6.45, 7) is 5.29. The van der Waals surface area contributed by atoms with E-state index in [2.05, 4.69) is 15.5 Å². The number of carbonyl (C=O) groups is 1. The lowest BCUT2D eigenvalue weighted by atomic mass is 9.83. The number of anilines is 2. The molecule has 3 N–H and O–H groups in total. The summed E-state index contributed by atoms with van der Waals surface area (Å²) in [6.07, 6.45) is 0. The molecule has 0 aliphatic rings. The van der Waals surface area contributed by atoms with Gasteiger partial charge in [-0.2, -0.15) is 0 Å². The third-order valence-electron chi connectivity index (χ3n) is 2.95. The van der Waals surface area contributed by atoms with Crippen molar-refractivity contribution < 1.29 is 9.21 Å². The number of hydrogen-bond acceptors (Lipinski definition) is 5. The standard InChI is InChI=1S/C13H16N4O2/c1-8-16-17-12(19-8)15-11(18)13(2,3)9-4-6-10(14)7-5-9/h4-7H,14H2,1-3H3,(H,15,17,18). The monoisotopic (exact) mass is 260 g/mol. The Balaban J connectivity index is 2.19. The van der Waals surface area contributed by atoms with Crippen LogP contribution >= 0.6 is 0 Å². The zero-order valence-electron chi connectivity index (χ0n) is 11.1. The second-order valence-electron chi connectivity index (χ2n) is 4.83. The molecule has 0 aliphatic carbocycles. The Hall–Kier alpha value is -2.37. The number of hydrogen-bond donors (Lipinski definition) is 2. The molecule has 1 aromatic carbocycles. The van der Waals surface area contributed by atoms with E-state index in [4.69, 9.17) is 10.2 Å². The lowest BCUT2D eigenvalue weighted by Gasteiger charge is -2.23. The molecule has 19 heavy (non-hydrogen) atoms. The van der Waals surface area contributed by atoms with Gasteiger partial charge in [0.2, 0.25) is 11.8 Å². The van der Waals surface area contributed by atoms with Gasteiger partial charge in [0.1, 0.15) is 0 Å². The first-order valence-corrected chi connectivity index (χ1v) is 5.87. The van der Waals surface area contributed by atoms with Crippen LogP contribution in [-0.4, -0.2) is 16.1 Å². The number of aromatic nitrogens is 2. The lowest BCUT2D eigenvalue weighted by Crippen LogP contribution is -2.34. The summed E-state index contributed by atoms with van der Waals surface area (Å²) in [5.74, 6) is 0.182. The van der Waals surface area contributed by atoms with Crippen molar-refractivity contribution in [1.29, 1.82) is 0 Å².